The largest absolute Gasteiger partial charge is 0.396 e. The molecule has 0 spiro atoms. The fourth-order valence-electron chi connectivity index (χ4n) is 4.40. The molecule has 0 bridgehead atoms. The predicted octanol–water partition coefficient (Wildman–Crippen LogP) is 2.16. The van der Waals surface area contributed by atoms with E-state index in [0.717, 1.165) is 50.3 Å². The lowest BCUT2D eigenvalue weighted by Crippen LogP contribution is -2.47. The van der Waals surface area contributed by atoms with Crippen LogP contribution in [-0.2, 0) is 4.79 Å². The molecule has 0 radical (unpaired) electrons. The maximum atomic E-state index is 12.8. The van der Waals surface area contributed by atoms with Crippen molar-refractivity contribution in [2.24, 2.45) is 27.7 Å². The Morgan fingerprint density at radius 2 is 2.12 bits per heavy atom. The minimum Gasteiger partial charge on any atom is -0.396 e. The predicted molar refractivity (Wildman–Crippen MR) is 134 cm³/mol. The molecular weight excluding hydrogens is 416 g/mol. The summed E-state index contributed by atoms with van der Waals surface area (Å²) in [6.07, 6.45) is 14.0. The number of nitrogens with one attached hydrogen (secondary N) is 3. The Kier molecular flexibility index (Phi) is 9.69. The van der Waals surface area contributed by atoms with Gasteiger partial charge in [0.25, 0.3) is 5.91 Å². The van der Waals surface area contributed by atoms with E-state index in [4.69, 9.17) is 4.99 Å². The number of hydrogen-bond acceptors (Lipinski definition) is 7. The highest BCUT2D eigenvalue weighted by atomic mass is 16.3. The Balaban J connectivity index is 1.75. The molecule has 8 nitrogen and oxygen atoms in total. The van der Waals surface area contributed by atoms with Gasteiger partial charge in [-0.05, 0) is 76.6 Å². The van der Waals surface area contributed by atoms with Crippen LogP contribution in [0.3, 0.4) is 0 Å². The third-order valence-electron chi connectivity index (χ3n) is 6.54. The molecule has 33 heavy (non-hydrogen) atoms. The minimum atomic E-state index is -0.228. The first kappa shape index (κ1) is 25.2. The molecule has 3 rings (SSSR count). The lowest BCUT2D eigenvalue weighted by atomic mass is 9.98. The quantitative estimate of drug-likeness (QED) is 0.347. The fourth-order valence-corrected chi connectivity index (χ4v) is 4.40. The number of piperidine rings is 1. The van der Waals surface area contributed by atoms with Gasteiger partial charge in [-0.2, -0.15) is 0 Å². The molecular formula is C25H40N6O2. The molecule has 1 fully saturated rings. The molecule has 0 aliphatic carbocycles. The number of nitrogens with zero attached hydrogens (tertiary/aromatic N) is 3. The standard InChI is InChI=1S/C25H40N6O2/c1-18-5-4-13-31(16-22(7-6-18)10-14-32)24-23(19(2)28-17-29-24)30-20(3)25(33)27-15-21-8-11-26-12-9-21/h4,6-7,13,17-18,21-22,24,26,32H,5,8-12,14-16H2,1-3H3,(H,27,33)(H,28,29)/b7-6+,13-4+,30-20+. The van der Waals surface area contributed by atoms with Crippen LogP contribution in [0.2, 0.25) is 0 Å². The van der Waals surface area contributed by atoms with Crippen molar-refractivity contribution in [1.82, 2.24) is 20.9 Å². The van der Waals surface area contributed by atoms with Crippen LogP contribution in [0.4, 0.5) is 0 Å². The zero-order chi connectivity index (χ0) is 23.6. The molecule has 4 N–H and O–H groups in total. The molecule has 1 saturated heterocycles. The number of rotatable bonds is 7. The van der Waals surface area contributed by atoms with Crippen molar-refractivity contribution in [1.29, 1.82) is 0 Å². The molecule has 0 aromatic rings. The first-order valence-electron chi connectivity index (χ1n) is 12.2. The van der Waals surface area contributed by atoms with Gasteiger partial charge in [0, 0.05) is 19.7 Å². The number of carbonyl (C=O) groups excluding carboxylic acids is 1. The highest BCUT2D eigenvalue weighted by Crippen LogP contribution is 2.23. The molecule has 0 saturated carbocycles. The number of aliphatic hydroxyl groups is 1. The van der Waals surface area contributed by atoms with Crippen molar-refractivity contribution in [2.45, 2.75) is 52.6 Å². The van der Waals surface area contributed by atoms with Gasteiger partial charge in [0.15, 0.2) is 0 Å². The van der Waals surface area contributed by atoms with Crippen LogP contribution >= 0.6 is 0 Å². The number of amides is 1. The molecule has 8 heteroatoms. The summed E-state index contributed by atoms with van der Waals surface area (Å²) in [6, 6.07) is 0. The van der Waals surface area contributed by atoms with Crippen molar-refractivity contribution < 1.29 is 9.90 Å². The van der Waals surface area contributed by atoms with E-state index in [-0.39, 0.29) is 24.6 Å². The summed E-state index contributed by atoms with van der Waals surface area (Å²) in [4.78, 5) is 24.1. The normalized spacial score (nSPS) is 29.0. The summed E-state index contributed by atoms with van der Waals surface area (Å²) in [5, 5.41) is 19.3. The van der Waals surface area contributed by atoms with Crippen molar-refractivity contribution in [2.75, 3.05) is 32.8 Å². The Morgan fingerprint density at radius 3 is 2.88 bits per heavy atom. The van der Waals surface area contributed by atoms with Gasteiger partial charge in [-0.25, -0.2) is 9.98 Å². The third kappa shape index (κ3) is 7.54. The van der Waals surface area contributed by atoms with Gasteiger partial charge in [0.2, 0.25) is 0 Å². The van der Waals surface area contributed by atoms with Gasteiger partial charge in [0.05, 0.1) is 12.0 Å². The van der Waals surface area contributed by atoms with Gasteiger partial charge in [0.1, 0.15) is 17.6 Å². The molecule has 0 aromatic heterocycles. The molecule has 0 aromatic carbocycles. The lowest BCUT2D eigenvalue weighted by Gasteiger charge is -2.35. The molecule has 3 aliphatic heterocycles. The summed E-state index contributed by atoms with van der Waals surface area (Å²) in [7, 11) is 0. The van der Waals surface area contributed by atoms with Crippen LogP contribution in [0, 0.1) is 17.8 Å². The van der Waals surface area contributed by atoms with E-state index >= 15 is 0 Å². The highest BCUT2D eigenvalue weighted by molar-refractivity contribution is 6.38. The van der Waals surface area contributed by atoms with E-state index in [1.165, 1.54) is 0 Å². The molecule has 182 valence electrons. The summed E-state index contributed by atoms with van der Waals surface area (Å²) in [5.74, 6) is 1.06. The van der Waals surface area contributed by atoms with Crippen LogP contribution in [0.5, 0.6) is 0 Å². The zero-order valence-corrected chi connectivity index (χ0v) is 20.3. The van der Waals surface area contributed by atoms with Gasteiger partial charge >= 0.3 is 0 Å². The molecule has 3 heterocycles. The summed E-state index contributed by atoms with van der Waals surface area (Å²) >= 11 is 0. The number of allylic oxidation sites excluding steroid dienone is 3. The number of aliphatic hydroxyl groups excluding tert-OH is 1. The van der Waals surface area contributed by atoms with E-state index in [1.54, 1.807) is 13.3 Å². The zero-order valence-electron chi connectivity index (χ0n) is 20.3. The smallest absolute Gasteiger partial charge is 0.265 e. The maximum Gasteiger partial charge on any atom is 0.265 e. The molecule has 3 unspecified atom stereocenters. The Hall–Kier alpha value is -2.45. The second-order valence-corrected chi connectivity index (χ2v) is 9.35. The van der Waals surface area contributed by atoms with Gasteiger partial charge in [-0.1, -0.05) is 25.2 Å². The topological polar surface area (TPSA) is 101 Å². The first-order valence-corrected chi connectivity index (χ1v) is 12.2. The highest BCUT2D eigenvalue weighted by Gasteiger charge is 2.26. The molecule has 3 atom stereocenters. The van der Waals surface area contributed by atoms with E-state index in [0.29, 0.717) is 30.5 Å². The summed E-state index contributed by atoms with van der Waals surface area (Å²) in [6.45, 7) is 9.49. The summed E-state index contributed by atoms with van der Waals surface area (Å²) < 4.78 is 0. The Bertz CT molecular complexity index is 810. The summed E-state index contributed by atoms with van der Waals surface area (Å²) in [5.41, 5.74) is 1.98. The van der Waals surface area contributed by atoms with E-state index in [2.05, 4.69) is 57.2 Å². The number of aliphatic imine (C=N–C) groups is 2. The second kappa shape index (κ2) is 12.7. The lowest BCUT2D eigenvalue weighted by molar-refractivity contribution is -0.115. The van der Waals surface area contributed by atoms with E-state index in [1.807, 2.05) is 6.92 Å². The van der Waals surface area contributed by atoms with Crippen LogP contribution in [0.15, 0.2) is 45.8 Å². The molecule has 1 amide bonds. The average Bonchev–Trinajstić information content (AvgIpc) is 2.90. The van der Waals surface area contributed by atoms with Crippen molar-refractivity contribution in [3.63, 3.8) is 0 Å². The third-order valence-corrected chi connectivity index (χ3v) is 6.54. The Labute approximate surface area is 198 Å². The van der Waals surface area contributed by atoms with Crippen LogP contribution in [0.1, 0.15) is 46.5 Å². The van der Waals surface area contributed by atoms with E-state index in [9.17, 15) is 9.90 Å². The number of hydrogen-bond donors (Lipinski definition) is 4. The average molecular weight is 457 g/mol. The first-order chi connectivity index (χ1) is 16.0. The number of carbonyl (C=O) groups is 1. The van der Waals surface area contributed by atoms with Gasteiger partial charge in [-0.15, -0.1) is 0 Å². The maximum absolute atomic E-state index is 12.8. The van der Waals surface area contributed by atoms with Crippen LogP contribution in [-0.4, -0.2) is 66.9 Å². The van der Waals surface area contributed by atoms with Gasteiger partial charge in [-0.3, -0.25) is 4.79 Å². The van der Waals surface area contributed by atoms with E-state index < -0.39 is 0 Å². The minimum absolute atomic E-state index is 0.128. The van der Waals surface area contributed by atoms with Crippen LogP contribution in [0.25, 0.3) is 0 Å². The van der Waals surface area contributed by atoms with Crippen molar-refractivity contribution >= 4 is 18.0 Å². The monoisotopic (exact) mass is 456 g/mol. The fraction of sp³-hybridized carbons (Fsp3) is 0.640. The van der Waals surface area contributed by atoms with Crippen molar-refractivity contribution in [3.8, 4) is 0 Å². The van der Waals surface area contributed by atoms with Gasteiger partial charge < -0.3 is 26.0 Å². The SMILES string of the molecule is CC1=C(/N=C(\C)C(=O)NCC2CCNCC2)C(N2/C=C/CC(C)/C=C/C(CCO)C2)NC=N1. The molecule has 3 aliphatic rings. The van der Waals surface area contributed by atoms with Crippen LogP contribution < -0.4 is 16.0 Å². The van der Waals surface area contributed by atoms with Crippen molar-refractivity contribution in [3.05, 3.63) is 35.8 Å². The second-order valence-electron chi connectivity index (χ2n) is 9.35. The Morgan fingerprint density at radius 1 is 1.33 bits per heavy atom.